The van der Waals surface area contributed by atoms with Crippen molar-refractivity contribution in [1.29, 1.82) is 0 Å². The summed E-state index contributed by atoms with van der Waals surface area (Å²) in [5.41, 5.74) is 1.97. The van der Waals surface area contributed by atoms with Gasteiger partial charge in [-0.3, -0.25) is 0 Å². The molecule has 1 aromatic heterocycles. The fraction of sp³-hybridized carbons (Fsp3) is 0.385. The number of ether oxygens (including phenoxy) is 1. The van der Waals surface area contributed by atoms with Gasteiger partial charge in [0, 0.05) is 37.7 Å². The van der Waals surface area contributed by atoms with Gasteiger partial charge in [0.2, 0.25) is 5.95 Å². The van der Waals surface area contributed by atoms with Crippen LogP contribution in [0.5, 0.6) is 5.75 Å². The molecule has 2 heterocycles. The predicted octanol–water partition coefficient (Wildman–Crippen LogP) is 4.54. The fourth-order valence-corrected chi connectivity index (χ4v) is 5.56. The molecule has 2 aliphatic rings. The molecule has 0 spiro atoms. The van der Waals surface area contributed by atoms with Crippen LogP contribution in [-0.4, -0.2) is 44.3 Å². The van der Waals surface area contributed by atoms with Crippen LogP contribution in [0.3, 0.4) is 0 Å². The van der Waals surface area contributed by atoms with E-state index in [4.69, 9.17) is 4.74 Å². The predicted molar refractivity (Wildman–Crippen MR) is 129 cm³/mol. The molecule has 184 valence electrons. The van der Waals surface area contributed by atoms with Crippen LogP contribution in [0.15, 0.2) is 53.7 Å². The first-order valence-corrected chi connectivity index (χ1v) is 13.6. The van der Waals surface area contributed by atoms with Gasteiger partial charge in [-0.1, -0.05) is 25.5 Å². The summed E-state index contributed by atoms with van der Waals surface area (Å²) in [7, 11) is -3.34. The van der Waals surface area contributed by atoms with Crippen molar-refractivity contribution >= 4 is 15.8 Å². The van der Waals surface area contributed by atoms with Crippen LogP contribution >= 0.6 is 0 Å². The van der Waals surface area contributed by atoms with Crippen molar-refractivity contribution in [1.82, 2.24) is 9.97 Å². The largest absolute Gasteiger partial charge is 0.487 e. The molecule has 1 aliphatic heterocycles. The summed E-state index contributed by atoms with van der Waals surface area (Å²) in [6.45, 7) is 4.02. The first kappa shape index (κ1) is 23.7. The van der Waals surface area contributed by atoms with E-state index >= 15 is 0 Å². The molecule has 0 N–H and O–H groups in total. The summed E-state index contributed by atoms with van der Waals surface area (Å²) in [5, 5.41) is 0. The number of hydrogen-bond acceptors (Lipinski definition) is 6. The Balaban J connectivity index is 1.19. The molecule has 3 aromatic rings. The number of benzene rings is 2. The molecule has 1 saturated carbocycles. The van der Waals surface area contributed by atoms with Crippen LogP contribution in [0.1, 0.15) is 18.9 Å². The van der Waals surface area contributed by atoms with E-state index in [9.17, 15) is 17.2 Å². The van der Waals surface area contributed by atoms with E-state index < -0.39 is 21.5 Å². The van der Waals surface area contributed by atoms with E-state index in [2.05, 4.69) is 21.8 Å². The van der Waals surface area contributed by atoms with Crippen molar-refractivity contribution in [3.63, 3.8) is 0 Å². The number of rotatable bonds is 8. The zero-order valence-corrected chi connectivity index (χ0v) is 20.4. The van der Waals surface area contributed by atoms with E-state index in [1.807, 2.05) is 12.4 Å². The molecular weight excluding hydrogens is 472 g/mol. The van der Waals surface area contributed by atoms with Gasteiger partial charge in [-0.05, 0) is 59.2 Å². The molecule has 35 heavy (non-hydrogen) atoms. The Hall–Kier alpha value is -3.07. The minimum absolute atomic E-state index is 0.149. The number of anilines is 1. The molecule has 0 radical (unpaired) electrons. The average molecular weight is 500 g/mol. The molecule has 3 atom stereocenters. The highest BCUT2D eigenvalue weighted by atomic mass is 32.2. The molecule has 2 unspecified atom stereocenters. The Bertz CT molecular complexity index is 1300. The van der Waals surface area contributed by atoms with Crippen LogP contribution in [0.4, 0.5) is 14.7 Å². The number of fused-ring (bicyclic) bond motifs is 1. The van der Waals surface area contributed by atoms with Gasteiger partial charge in [-0.2, -0.15) is 0 Å². The standard InChI is InChI=1S/C26H27F2N3O3S/c1-3-4-16-11-29-26(30-12-16)31-13-20-21(14-31)22(20)15-34-25-23(27)9-18(10-24(25)28)17-5-7-19(8-6-17)35(2,32)33/h5-12,20-22H,3-4,13-15H2,1-2H3/t20-,21?,22?/m0/s1. The molecule has 1 aliphatic carbocycles. The number of nitrogens with zero attached hydrogens (tertiary/aromatic N) is 3. The third kappa shape index (κ3) is 4.87. The number of halogens is 2. The Labute approximate surface area is 203 Å². The van der Waals surface area contributed by atoms with Crippen LogP contribution < -0.4 is 9.64 Å². The molecule has 0 amide bonds. The quantitative estimate of drug-likeness (QED) is 0.453. The van der Waals surface area contributed by atoms with Crippen molar-refractivity contribution in [3.8, 4) is 16.9 Å². The van der Waals surface area contributed by atoms with Gasteiger partial charge < -0.3 is 9.64 Å². The highest BCUT2D eigenvalue weighted by molar-refractivity contribution is 7.90. The molecule has 9 heteroatoms. The minimum Gasteiger partial charge on any atom is -0.487 e. The van der Waals surface area contributed by atoms with E-state index in [1.54, 1.807) is 0 Å². The van der Waals surface area contributed by atoms with Gasteiger partial charge >= 0.3 is 0 Å². The van der Waals surface area contributed by atoms with E-state index in [0.29, 0.717) is 23.0 Å². The van der Waals surface area contributed by atoms with E-state index in [-0.39, 0.29) is 23.2 Å². The topological polar surface area (TPSA) is 72.4 Å². The highest BCUT2D eigenvalue weighted by Gasteiger charge is 2.56. The maximum atomic E-state index is 14.7. The molecule has 2 aromatic carbocycles. The molecule has 5 rings (SSSR count). The third-order valence-electron chi connectivity index (χ3n) is 6.92. The molecular formula is C26H27F2N3O3S. The maximum Gasteiger partial charge on any atom is 0.225 e. The summed E-state index contributed by atoms with van der Waals surface area (Å²) < 4.78 is 58.2. The maximum absolute atomic E-state index is 14.7. The van der Waals surface area contributed by atoms with Crippen LogP contribution in [0.2, 0.25) is 0 Å². The van der Waals surface area contributed by atoms with Gasteiger partial charge in [0.1, 0.15) is 0 Å². The molecule has 1 saturated heterocycles. The lowest BCUT2D eigenvalue weighted by Gasteiger charge is -2.20. The van der Waals surface area contributed by atoms with Gasteiger partial charge in [-0.25, -0.2) is 27.2 Å². The minimum atomic E-state index is -3.34. The second-order valence-electron chi connectivity index (χ2n) is 9.41. The number of piperidine rings is 1. The smallest absolute Gasteiger partial charge is 0.225 e. The fourth-order valence-electron chi connectivity index (χ4n) is 4.93. The average Bonchev–Trinajstić information content (AvgIpc) is 3.27. The number of aromatic nitrogens is 2. The van der Waals surface area contributed by atoms with E-state index in [0.717, 1.165) is 43.7 Å². The van der Waals surface area contributed by atoms with Gasteiger partial charge in [-0.15, -0.1) is 0 Å². The summed E-state index contributed by atoms with van der Waals surface area (Å²) >= 11 is 0. The summed E-state index contributed by atoms with van der Waals surface area (Å²) in [4.78, 5) is 11.3. The number of hydrogen-bond donors (Lipinski definition) is 0. The number of sulfone groups is 1. The monoisotopic (exact) mass is 499 g/mol. The van der Waals surface area contributed by atoms with Crippen molar-refractivity contribution in [2.45, 2.75) is 24.7 Å². The van der Waals surface area contributed by atoms with Crippen LogP contribution in [-0.2, 0) is 16.3 Å². The van der Waals surface area contributed by atoms with Crippen molar-refractivity contribution < 1.29 is 21.9 Å². The van der Waals surface area contributed by atoms with Gasteiger partial charge in [0.05, 0.1) is 11.5 Å². The second-order valence-corrected chi connectivity index (χ2v) is 11.4. The summed E-state index contributed by atoms with van der Waals surface area (Å²) in [6.07, 6.45) is 6.89. The lowest BCUT2D eigenvalue weighted by Crippen LogP contribution is -2.27. The Kier molecular flexibility index (Phi) is 6.21. The summed E-state index contributed by atoms with van der Waals surface area (Å²) in [6, 6.07) is 8.33. The Morgan fingerprint density at radius 3 is 2.14 bits per heavy atom. The Morgan fingerprint density at radius 2 is 1.60 bits per heavy atom. The second kappa shape index (κ2) is 9.18. The van der Waals surface area contributed by atoms with E-state index in [1.165, 1.54) is 36.4 Å². The first-order valence-electron chi connectivity index (χ1n) is 11.7. The van der Waals surface area contributed by atoms with Crippen LogP contribution in [0.25, 0.3) is 11.1 Å². The van der Waals surface area contributed by atoms with Crippen molar-refractivity contribution in [2.24, 2.45) is 17.8 Å². The zero-order chi connectivity index (χ0) is 24.7. The number of aryl methyl sites for hydroxylation is 1. The van der Waals surface area contributed by atoms with Crippen molar-refractivity contribution in [2.75, 3.05) is 30.9 Å². The summed E-state index contributed by atoms with van der Waals surface area (Å²) in [5.74, 6) is -0.125. The molecule has 2 fully saturated rings. The normalized spacial score (nSPS) is 21.1. The molecule has 6 nitrogen and oxygen atoms in total. The zero-order valence-electron chi connectivity index (χ0n) is 19.6. The lowest BCUT2D eigenvalue weighted by molar-refractivity contribution is 0.257. The van der Waals surface area contributed by atoms with Crippen molar-refractivity contribution in [3.05, 3.63) is 66.0 Å². The van der Waals surface area contributed by atoms with Gasteiger partial charge in [0.15, 0.2) is 27.2 Å². The Morgan fingerprint density at radius 1 is 1.00 bits per heavy atom. The van der Waals surface area contributed by atoms with Gasteiger partial charge in [0.25, 0.3) is 0 Å². The first-order chi connectivity index (χ1) is 16.7. The molecule has 0 bridgehead atoms. The SMILES string of the molecule is CCCc1cnc(N2CC3C(COc4c(F)cc(-c5ccc(S(C)(=O)=O)cc5)cc4F)[C@H]3C2)nc1. The lowest BCUT2D eigenvalue weighted by atomic mass is 10.1. The van der Waals surface area contributed by atoms with Crippen LogP contribution in [0, 0.1) is 29.4 Å². The third-order valence-corrected chi connectivity index (χ3v) is 8.05. The highest BCUT2D eigenvalue weighted by Crippen LogP contribution is 2.52.